The van der Waals surface area contributed by atoms with Gasteiger partial charge >= 0.3 is 6.09 Å². The van der Waals surface area contributed by atoms with Gasteiger partial charge in [0.1, 0.15) is 11.6 Å². The van der Waals surface area contributed by atoms with Gasteiger partial charge in [-0.25, -0.2) is 4.79 Å². The highest BCUT2D eigenvalue weighted by molar-refractivity contribution is 5.88. The first-order valence-corrected chi connectivity index (χ1v) is 10.4. The maximum Gasteiger partial charge on any atom is 0.408 e. The number of morpholine rings is 1. The normalized spacial score (nSPS) is 16.2. The van der Waals surface area contributed by atoms with Gasteiger partial charge in [0.2, 0.25) is 5.91 Å². The van der Waals surface area contributed by atoms with E-state index in [2.05, 4.69) is 20.5 Å². The number of rotatable bonds is 7. The molecule has 3 N–H and O–H groups in total. The number of hydrogen-bond acceptors (Lipinski definition) is 5. The molecule has 1 fully saturated rings. The molecular formula is C22H32N4O4. The Labute approximate surface area is 177 Å². The molecule has 1 aromatic carbocycles. The van der Waals surface area contributed by atoms with E-state index >= 15 is 0 Å². The quantitative estimate of drug-likeness (QED) is 0.642. The molecule has 2 heterocycles. The van der Waals surface area contributed by atoms with E-state index in [-0.39, 0.29) is 5.91 Å². The van der Waals surface area contributed by atoms with Crippen LogP contribution in [-0.2, 0) is 20.7 Å². The number of fused-ring (bicyclic) bond motifs is 1. The van der Waals surface area contributed by atoms with E-state index in [0.29, 0.717) is 13.0 Å². The first-order valence-electron chi connectivity index (χ1n) is 10.4. The predicted octanol–water partition coefficient (Wildman–Crippen LogP) is 2.05. The van der Waals surface area contributed by atoms with Gasteiger partial charge in [0.15, 0.2) is 0 Å². The molecule has 30 heavy (non-hydrogen) atoms. The summed E-state index contributed by atoms with van der Waals surface area (Å²) in [6.45, 7) is 9.82. The molecule has 0 saturated carbocycles. The van der Waals surface area contributed by atoms with Gasteiger partial charge in [0.05, 0.1) is 13.2 Å². The van der Waals surface area contributed by atoms with Crippen molar-refractivity contribution in [2.75, 3.05) is 39.4 Å². The summed E-state index contributed by atoms with van der Waals surface area (Å²) in [7, 11) is 0. The van der Waals surface area contributed by atoms with E-state index in [0.717, 1.165) is 49.3 Å². The number of para-hydroxylation sites is 1. The smallest absolute Gasteiger partial charge is 0.408 e. The van der Waals surface area contributed by atoms with Crippen LogP contribution < -0.4 is 10.6 Å². The molecule has 1 saturated heterocycles. The molecule has 3 rings (SSSR count). The van der Waals surface area contributed by atoms with E-state index < -0.39 is 17.7 Å². The molecule has 1 atom stereocenters. The van der Waals surface area contributed by atoms with Crippen molar-refractivity contribution in [3.05, 3.63) is 36.0 Å². The second kappa shape index (κ2) is 9.95. The van der Waals surface area contributed by atoms with Crippen molar-refractivity contribution >= 4 is 22.9 Å². The van der Waals surface area contributed by atoms with Crippen LogP contribution in [0.1, 0.15) is 26.3 Å². The summed E-state index contributed by atoms with van der Waals surface area (Å²) < 4.78 is 10.7. The fourth-order valence-corrected chi connectivity index (χ4v) is 3.46. The Morgan fingerprint density at radius 1 is 1.23 bits per heavy atom. The molecule has 0 aliphatic carbocycles. The summed E-state index contributed by atoms with van der Waals surface area (Å²) in [5.41, 5.74) is 1.33. The number of carbonyl (C=O) groups excluding carboxylic acids is 2. The number of alkyl carbamates (subject to hydrolysis) is 1. The molecule has 1 aliphatic heterocycles. The van der Waals surface area contributed by atoms with Gasteiger partial charge in [-0.15, -0.1) is 0 Å². The van der Waals surface area contributed by atoms with Crippen molar-refractivity contribution in [2.45, 2.75) is 38.8 Å². The number of aromatic nitrogens is 1. The topological polar surface area (TPSA) is 95.7 Å². The monoisotopic (exact) mass is 416 g/mol. The number of carbonyl (C=O) groups is 2. The van der Waals surface area contributed by atoms with Gasteiger partial charge in [-0.3, -0.25) is 9.69 Å². The highest BCUT2D eigenvalue weighted by atomic mass is 16.6. The van der Waals surface area contributed by atoms with Crippen molar-refractivity contribution in [3.63, 3.8) is 0 Å². The van der Waals surface area contributed by atoms with Gasteiger partial charge in [-0.1, -0.05) is 18.2 Å². The number of amides is 2. The number of nitrogens with one attached hydrogen (secondary N) is 3. The third-order valence-corrected chi connectivity index (χ3v) is 4.94. The maximum absolute atomic E-state index is 12.9. The standard InChI is InChI=1S/C22H32N4O4/c1-22(2,3)30-21(28)25-19(14-16-15-24-18-7-5-4-6-17(16)18)20(27)23-8-9-26-10-12-29-13-11-26/h4-7,15,19,24H,8-14H2,1-3H3,(H,23,27)(H,25,28)/t19-/m1/s1. The molecule has 0 bridgehead atoms. The Morgan fingerprint density at radius 3 is 2.70 bits per heavy atom. The van der Waals surface area contributed by atoms with Crippen LogP contribution in [0.25, 0.3) is 10.9 Å². The van der Waals surface area contributed by atoms with Gasteiger partial charge in [-0.05, 0) is 32.4 Å². The largest absolute Gasteiger partial charge is 0.444 e. The molecule has 0 radical (unpaired) electrons. The van der Waals surface area contributed by atoms with Crippen LogP contribution in [0.15, 0.2) is 30.5 Å². The Morgan fingerprint density at radius 2 is 1.97 bits per heavy atom. The molecule has 1 aliphatic rings. The maximum atomic E-state index is 12.9. The number of H-pyrrole nitrogens is 1. The zero-order valence-electron chi connectivity index (χ0n) is 18.0. The number of aromatic amines is 1. The zero-order valence-corrected chi connectivity index (χ0v) is 18.0. The second-order valence-corrected chi connectivity index (χ2v) is 8.51. The minimum atomic E-state index is -0.733. The van der Waals surface area contributed by atoms with Crippen LogP contribution in [0, 0.1) is 0 Å². The highest BCUT2D eigenvalue weighted by Crippen LogP contribution is 2.19. The lowest BCUT2D eigenvalue weighted by Gasteiger charge is -2.27. The minimum Gasteiger partial charge on any atom is -0.444 e. The van der Waals surface area contributed by atoms with E-state index in [1.54, 1.807) is 20.8 Å². The van der Waals surface area contributed by atoms with Crippen LogP contribution >= 0.6 is 0 Å². The van der Waals surface area contributed by atoms with Crippen LogP contribution in [-0.4, -0.2) is 72.9 Å². The van der Waals surface area contributed by atoms with Gasteiger partial charge in [0.25, 0.3) is 0 Å². The van der Waals surface area contributed by atoms with Crippen molar-refractivity contribution in [3.8, 4) is 0 Å². The molecule has 164 valence electrons. The Hall–Kier alpha value is -2.58. The van der Waals surface area contributed by atoms with E-state index in [9.17, 15) is 9.59 Å². The van der Waals surface area contributed by atoms with Gasteiger partial charge < -0.3 is 25.1 Å². The van der Waals surface area contributed by atoms with Crippen LogP contribution in [0.5, 0.6) is 0 Å². The Bertz CT molecular complexity index is 852. The van der Waals surface area contributed by atoms with Gasteiger partial charge in [0, 0.05) is 49.7 Å². The third kappa shape index (κ3) is 6.47. The average Bonchev–Trinajstić information content (AvgIpc) is 3.10. The summed E-state index contributed by atoms with van der Waals surface area (Å²) in [6, 6.07) is 7.17. The highest BCUT2D eigenvalue weighted by Gasteiger charge is 2.25. The number of benzene rings is 1. The summed E-state index contributed by atoms with van der Waals surface area (Å²) in [6.07, 6.45) is 1.65. The summed E-state index contributed by atoms with van der Waals surface area (Å²) in [4.78, 5) is 30.7. The van der Waals surface area contributed by atoms with Crippen LogP contribution in [0.2, 0.25) is 0 Å². The molecule has 0 spiro atoms. The number of ether oxygens (including phenoxy) is 2. The fourth-order valence-electron chi connectivity index (χ4n) is 3.46. The lowest BCUT2D eigenvalue weighted by Crippen LogP contribution is -2.50. The van der Waals surface area contributed by atoms with Crippen molar-refractivity contribution < 1.29 is 19.1 Å². The molecule has 2 aromatic rings. The fraction of sp³-hybridized carbons (Fsp3) is 0.545. The van der Waals surface area contributed by atoms with Crippen LogP contribution in [0.3, 0.4) is 0 Å². The first kappa shape index (κ1) is 22.1. The van der Waals surface area contributed by atoms with E-state index in [1.165, 1.54) is 0 Å². The number of nitrogens with zero attached hydrogens (tertiary/aromatic N) is 1. The molecule has 0 unspecified atom stereocenters. The molecule has 8 heteroatoms. The Kier molecular flexibility index (Phi) is 7.33. The van der Waals surface area contributed by atoms with Crippen LogP contribution in [0.4, 0.5) is 4.79 Å². The Balaban J connectivity index is 1.64. The average molecular weight is 417 g/mol. The minimum absolute atomic E-state index is 0.223. The molecule has 8 nitrogen and oxygen atoms in total. The molecule has 2 amide bonds. The summed E-state index contributed by atoms with van der Waals surface area (Å²) in [5, 5.41) is 6.74. The van der Waals surface area contributed by atoms with E-state index in [4.69, 9.17) is 9.47 Å². The lowest BCUT2D eigenvalue weighted by atomic mass is 10.0. The van der Waals surface area contributed by atoms with E-state index in [1.807, 2.05) is 30.5 Å². The van der Waals surface area contributed by atoms with Crippen molar-refractivity contribution in [1.29, 1.82) is 0 Å². The SMILES string of the molecule is CC(C)(C)OC(=O)N[C@H](Cc1c[nH]c2ccccc12)C(=O)NCCN1CCOCC1. The summed E-state index contributed by atoms with van der Waals surface area (Å²) >= 11 is 0. The summed E-state index contributed by atoms with van der Waals surface area (Å²) in [5.74, 6) is -0.223. The van der Waals surface area contributed by atoms with Crippen molar-refractivity contribution in [2.24, 2.45) is 0 Å². The first-order chi connectivity index (χ1) is 14.3. The van der Waals surface area contributed by atoms with Gasteiger partial charge in [-0.2, -0.15) is 0 Å². The molecular weight excluding hydrogens is 384 g/mol. The lowest BCUT2D eigenvalue weighted by molar-refractivity contribution is -0.123. The number of hydrogen-bond donors (Lipinski definition) is 3. The second-order valence-electron chi connectivity index (χ2n) is 8.51. The third-order valence-electron chi connectivity index (χ3n) is 4.94. The zero-order chi connectivity index (χ0) is 21.6. The predicted molar refractivity (Wildman–Crippen MR) is 115 cm³/mol. The van der Waals surface area contributed by atoms with Crippen molar-refractivity contribution in [1.82, 2.24) is 20.5 Å². The molecule has 1 aromatic heterocycles.